The lowest BCUT2D eigenvalue weighted by atomic mass is 9.80. The zero-order valence-corrected chi connectivity index (χ0v) is 39.5. The van der Waals surface area contributed by atoms with Crippen LogP contribution in [-0.4, -0.2) is 183 Å². The molecule has 33 heteroatoms. The Balaban J connectivity index is 1.35. The molecule has 2 bridgehead atoms. The molecule has 8 rings (SSSR count). The average Bonchev–Trinajstić information content (AvgIpc) is 3.61. The number of aliphatic hydroxyl groups excluding tert-OH is 1. The highest BCUT2D eigenvalue weighted by Crippen LogP contribution is 2.56. The van der Waals surface area contributed by atoms with Crippen molar-refractivity contribution in [2.24, 2.45) is 0 Å². The number of carbonyl (C=O) groups excluding carboxylic acids is 5. The summed E-state index contributed by atoms with van der Waals surface area (Å²) < 4.78 is 37.7. The number of aliphatic hydroxyl groups is 1. The standard InChI is InChI=1S/C48H34O33/c49-15-1-9(2-16(50)27(15)56)43(70)81-48-36(65)40-38(78-47(74)13(7-22(54)55)26-25-11(4-18(52)29(58)33(25)62)45(72)79-39(26)42(68)69)21(77-48)8-75-44(71)10-3-17(51)28(57)32(61)23(10)24-12(46(73)80-40)6-20(31(60)34(24)63)76-37-14(41(66)67)5-19(53)30(59)35(37)64/h1-7,21,26,36,38-40,48-53,56-65H,8H2,(H,54,55)(H,66,67)(H,68,69). The van der Waals surface area contributed by atoms with E-state index < -0.39 is 239 Å². The summed E-state index contributed by atoms with van der Waals surface area (Å²) >= 11 is 0. The molecule has 5 aromatic carbocycles. The predicted molar refractivity (Wildman–Crippen MR) is 246 cm³/mol. The molecule has 0 amide bonds. The van der Waals surface area contributed by atoms with Crippen molar-refractivity contribution >= 4 is 47.8 Å². The molecular weight excluding hydrogens is 1100 g/mol. The molecule has 18 N–H and O–H groups in total. The monoisotopic (exact) mass is 1140 g/mol. The van der Waals surface area contributed by atoms with Crippen LogP contribution in [0.15, 0.2) is 48.0 Å². The number of phenolic OH excluding ortho intramolecular Hbond substituents is 14. The average molecular weight is 1140 g/mol. The highest BCUT2D eigenvalue weighted by Gasteiger charge is 2.55. The van der Waals surface area contributed by atoms with Crippen LogP contribution in [0, 0.1) is 0 Å². The Labute approximate surface area is 444 Å². The first kappa shape index (κ1) is 55.7. The largest absolute Gasteiger partial charge is 0.504 e. The maximum absolute atomic E-state index is 15.0. The summed E-state index contributed by atoms with van der Waals surface area (Å²) in [7, 11) is 0. The number of phenols is 14. The van der Waals surface area contributed by atoms with Crippen LogP contribution in [0.1, 0.15) is 63.3 Å². The number of fused-ring (bicyclic) bond motifs is 6. The van der Waals surface area contributed by atoms with Crippen molar-refractivity contribution in [1.82, 2.24) is 0 Å². The summed E-state index contributed by atoms with van der Waals surface area (Å²) in [5.74, 6) is -41.1. The fourth-order valence-corrected chi connectivity index (χ4v) is 8.56. The van der Waals surface area contributed by atoms with Crippen LogP contribution in [0.25, 0.3) is 11.1 Å². The third-order valence-corrected chi connectivity index (χ3v) is 12.3. The number of aromatic hydroxyl groups is 14. The maximum atomic E-state index is 15.0. The fraction of sp³-hybridized carbons (Fsp3) is 0.167. The topological polar surface area (TPSA) is 565 Å². The van der Waals surface area contributed by atoms with Crippen LogP contribution in [-0.2, 0) is 42.8 Å². The van der Waals surface area contributed by atoms with E-state index in [2.05, 4.69) is 0 Å². The molecule has 33 nitrogen and oxygen atoms in total. The number of carboxylic acids is 3. The Morgan fingerprint density at radius 1 is 0.568 bits per heavy atom. The van der Waals surface area contributed by atoms with Crippen molar-refractivity contribution in [2.45, 2.75) is 42.7 Å². The van der Waals surface area contributed by atoms with Crippen LogP contribution in [0.4, 0.5) is 0 Å². The van der Waals surface area contributed by atoms with E-state index in [-0.39, 0.29) is 12.1 Å². The highest BCUT2D eigenvalue weighted by atomic mass is 16.7. The van der Waals surface area contributed by atoms with E-state index in [4.69, 9.17) is 33.2 Å². The molecule has 5 aromatic rings. The molecule has 7 atom stereocenters. The number of aliphatic carboxylic acids is 2. The lowest BCUT2D eigenvalue weighted by Crippen LogP contribution is -2.62. The van der Waals surface area contributed by atoms with Crippen LogP contribution in [0.2, 0.25) is 0 Å². The van der Waals surface area contributed by atoms with Gasteiger partial charge in [0.1, 0.15) is 18.3 Å². The summed E-state index contributed by atoms with van der Waals surface area (Å²) in [6.07, 6.45) is -16.4. The second kappa shape index (κ2) is 20.5. The second-order valence-electron chi connectivity index (χ2n) is 17.2. The molecular formula is C48H34O33. The van der Waals surface area contributed by atoms with E-state index in [0.29, 0.717) is 30.3 Å². The van der Waals surface area contributed by atoms with Crippen LogP contribution in [0.3, 0.4) is 0 Å². The van der Waals surface area contributed by atoms with Gasteiger partial charge in [-0.15, -0.1) is 0 Å². The van der Waals surface area contributed by atoms with Gasteiger partial charge in [0.25, 0.3) is 0 Å². The van der Waals surface area contributed by atoms with Gasteiger partial charge < -0.3 is 125 Å². The lowest BCUT2D eigenvalue weighted by molar-refractivity contribution is -0.287. The quantitative estimate of drug-likeness (QED) is 0.0396. The van der Waals surface area contributed by atoms with Crippen molar-refractivity contribution in [3.63, 3.8) is 0 Å². The van der Waals surface area contributed by atoms with Crippen molar-refractivity contribution in [3.05, 3.63) is 81.4 Å². The molecule has 1 saturated heterocycles. The molecule has 0 radical (unpaired) electrons. The van der Waals surface area contributed by atoms with Gasteiger partial charge in [-0.2, -0.15) is 0 Å². The Morgan fingerprint density at radius 3 is 1.69 bits per heavy atom. The molecule has 3 aliphatic rings. The summed E-state index contributed by atoms with van der Waals surface area (Å²) in [5, 5.41) is 190. The first-order valence-electron chi connectivity index (χ1n) is 22.1. The maximum Gasteiger partial charge on any atom is 0.346 e. The zero-order valence-electron chi connectivity index (χ0n) is 39.5. The zero-order chi connectivity index (χ0) is 59.7. The number of cyclic esters (lactones) is 2. The first-order valence-corrected chi connectivity index (χ1v) is 22.1. The van der Waals surface area contributed by atoms with E-state index >= 15 is 0 Å². The minimum atomic E-state index is -2.87. The van der Waals surface area contributed by atoms with Crippen LogP contribution >= 0.6 is 0 Å². The van der Waals surface area contributed by atoms with Gasteiger partial charge in [0.15, 0.2) is 81.6 Å². The first-order chi connectivity index (χ1) is 37.9. The number of carboxylic acid groups (broad SMARTS) is 3. The lowest BCUT2D eigenvalue weighted by Gasteiger charge is -2.43. The number of esters is 5. The van der Waals surface area contributed by atoms with Gasteiger partial charge in [0.05, 0.1) is 33.7 Å². The summed E-state index contributed by atoms with van der Waals surface area (Å²) in [5.41, 5.74) is -10.9. The van der Waals surface area contributed by atoms with Gasteiger partial charge in [-0.1, -0.05) is 0 Å². The van der Waals surface area contributed by atoms with Crippen LogP contribution < -0.4 is 4.74 Å². The Kier molecular flexibility index (Phi) is 14.1. The summed E-state index contributed by atoms with van der Waals surface area (Å²) in [6, 6.07) is 2.25. The van der Waals surface area contributed by atoms with Gasteiger partial charge in [-0.05, 0) is 24.3 Å². The van der Waals surface area contributed by atoms with E-state index in [1.807, 2.05) is 0 Å². The molecule has 3 aliphatic heterocycles. The third-order valence-electron chi connectivity index (χ3n) is 12.3. The fourth-order valence-electron chi connectivity index (χ4n) is 8.56. The second-order valence-corrected chi connectivity index (χ2v) is 17.2. The summed E-state index contributed by atoms with van der Waals surface area (Å²) in [6.45, 7) is -1.49. The number of ether oxygens (including phenoxy) is 7. The molecule has 81 heavy (non-hydrogen) atoms. The van der Waals surface area contributed by atoms with Crippen LogP contribution in [0.5, 0.6) is 92.0 Å². The molecule has 0 aliphatic carbocycles. The van der Waals surface area contributed by atoms with E-state index in [9.17, 15) is 130 Å². The van der Waals surface area contributed by atoms with E-state index in [1.54, 1.807) is 0 Å². The van der Waals surface area contributed by atoms with Crippen molar-refractivity contribution < 1.29 is 163 Å². The van der Waals surface area contributed by atoms with Crippen molar-refractivity contribution in [2.75, 3.05) is 6.61 Å². The minimum absolute atomic E-state index is 0.101. The van der Waals surface area contributed by atoms with Gasteiger partial charge >= 0.3 is 47.8 Å². The number of benzene rings is 5. The van der Waals surface area contributed by atoms with Crippen molar-refractivity contribution in [3.8, 4) is 103 Å². The van der Waals surface area contributed by atoms with E-state index in [1.165, 1.54) is 0 Å². The number of carbonyl (C=O) groups is 8. The normalized spacial score (nSPS) is 20.5. The SMILES string of the molecule is O=C(O)C=C(C(=O)OC1C2COC(=O)c3cc(O)c(O)c(O)c3-c3c(cc(Oc4c(C(=O)O)cc(O)c(O)c4O)c(O)c3O)C(=O)OC1C(O)C(OC(=O)c1cc(O)c(O)c(O)c1)O2)C1c2c(cc(O)c(O)c2O)C(=O)OC1C(=O)O. The van der Waals surface area contributed by atoms with Gasteiger partial charge in [-0.25, -0.2) is 38.4 Å². The Bertz CT molecular complexity index is 3630. The van der Waals surface area contributed by atoms with E-state index in [0.717, 1.165) is 0 Å². The molecule has 3 heterocycles. The summed E-state index contributed by atoms with van der Waals surface area (Å²) in [4.78, 5) is 108. The number of rotatable bonds is 10. The molecule has 0 saturated carbocycles. The van der Waals surface area contributed by atoms with Crippen molar-refractivity contribution in [1.29, 1.82) is 0 Å². The molecule has 0 aromatic heterocycles. The third kappa shape index (κ3) is 9.62. The molecule has 7 unspecified atom stereocenters. The highest BCUT2D eigenvalue weighted by molar-refractivity contribution is 6.09. The Morgan fingerprint density at radius 2 is 1.10 bits per heavy atom. The minimum Gasteiger partial charge on any atom is -0.504 e. The smallest absolute Gasteiger partial charge is 0.346 e. The predicted octanol–water partition coefficient (Wildman–Crippen LogP) is 0.691. The van der Waals surface area contributed by atoms with Gasteiger partial charge in [0.2, 0.25) is 41.1 Å². The van der Waals surface area contributed by atoms with Gasteiger partial charge in [-0.3, -0.25) is 0 Å². The number of aromatic carboxylic acids is 1. The number of hydrogen-bond acceptors (Lipinski definition) is 30. The number of hydrogen-bond donors (Lipinski definition) is 18. The molecule has 1 fully saturated rings. The molecule has 0 spiro atoms. The van der Waals surface area contributed by atoms with Gasteiger partial charge in [0, 0.05) is 34.9 Å². The molecule has 424 valence electrons. The Hall–Kier alpha value is -11.5.